The van der Waals surface area contributed by atoms with Gasteiger partial charge in [0.1, 0.15) is 17.8 Å². The van der Waals surface area contributed by atoms with Gasteiger partial charge in [0, 0.05) is 31.2 Å². The molecule has 0 aromatic heterocycles. The fraction of sp³-hybridized carbons (Fsp3) is 0.282. The van der Waals surface area contributed by atoms with E-state index >= 15 is 0 Å². The molecule has 0 saturated carbocycles. The third kappa shape index (κ3) is 8.75. The SMILES string of the molecule is CN=C(N=C(N)CCCC(=O)c1ccccc1-c1ccc(C(F)(F)F)cc1)SCCCC1(C(=O)NCC(F)(F)F)c2ccccc2-c2ccccc21. The molecule has 4 aromatic rings. The molecular formula is C39H36F6N4O2S. The average molecular weight is 739 g/mol. The van der Waals surface area contributed by atoms with Gasteiger partial charge in [0.05, 0.1) is 5.56 Å². The first-order valence-electron chi connectivity index (χ1n) is 16.5. The number of amidine groups is 2. The monoisotopic (exact) mass is 738 g/mol. The van der Waals surface area contributed by atoms with E-state index in [0.717, 1.165) is 23.3 Å². The van der Waals surface area contributed by atoms with E-state index in [1.165, 1.54) is 23.9 Å². The van der Waals surface area contributed by atoms with Crippen molar-refractivity contribution in [2.45, 2.75) is 49.9 Å². The van der Waals surface area contributed by atoms with Gasteiger partial charge in [-0.1, -0.05) is 96.7 Å². The Morgan fingerprint density at radius 1 is 0.769 bits per heavy atom. The molecule has 0 aliphatic heterocycles. The van der Waals surface area contributed by atoms with Crippen molar-refractivity contribution in [2.24, 2.45) is 15.7 Å². The molecule has 4 aromatic carbocycles. The van der Waals surface area contributed by atoms with Crippen LogP contribution in [0.1, 0.15) is 59.2 Å². The molecule has 272 valence electrons. The van der Waals surface area contributed by atoms with Gasteiger partial charge in [0.25, 0.3) is 0 Å². The van der Waals surface area contributed by atoms with Crippen LogP contribution in [0.5, 0.6) is 0 Å². The first-order valence-corrected chi connectivity index (χ1v) is 17.5. The van der Waals surface area contributed by atoms with Crippen LogP contribution in [0.15, 0.2) is 107 Å². The molecule has 0 unspecified atom stereocenters. The van der Waals surface area contributed by atoms with Crippen LogP contribution in [0.4, 0.5) is 26.3 Å². The highest BCUT2D eigenvalue weighted by Crippen LogP contribution is 2.51. The second kappa shape index (κ2) is 16.2. The second-order valence-electron chi connectivity index (χ2n) is 12.3. The molecule has 0 radical (unpaired) electrons. The minimum atomic E-state index is -4.57. The molecule has 0 bridgehead atoms. The lowest BCUT2D eigenvalue weighted by Crippen LogP contribution is -2.47. The van der Waals surface area contributed by atoms with Crippen LogP contribution in [0, 0.1) is 0 Å². The molecule has 6 nitrogen and oxygen atoms in total. The van der Waals surface area contributed by atoms with Gasteiger partial charge in [-0.3, -0.25) is 14.6 Å². The van der Waals surface area contributed by atoms with E-state index in [1.807, 2.05) is 24.3 Å². The van der Waals surface area contributed by atoms with Crippen molar-refractivity contribution in [3.8, 4) is 22.3 Å². The number of hydrogen-bond acceptors (Lipinski definition) is 4. The van der Waals surface area contributed by atoms with Crippen molar-refractivity contribution < 1.29 is 35.9 Å². The summed E-state index contributed by atoms with van der Waals surface area (Å²) in [4.78, 5) is 35.5. The molecule has 0 saturated heterocycles. The Hall–Kier alpha value is -4.91. The highest BCUT2D eigenvalue weighted by atomic mass is 32.2. The zero-order valence-electron chi connectivity index (χ0n) is 28.2. The predicted molar refractivity (Wildman–Crippen MR) is 193 cm³/mol. The summed E-state index contributed by atoms with van der Waals surface area (Å²) in [5.74, 6) is -0.208. The number of halogens is 6. The van der Waals surface area contributed by atoms with Crippen molar-refractivity contribution in [3.63, 3.8) is 0 Å². The zero-order valence-corrected chi connectivity index (χ0v) is 29.0. The molecule has 13 heteroatoms. The molecule has 0 atom stereocenters. The topological polar surface area (TPSA) is 96.9 Å². The Morgan fingerprint density at radius 2 is 1.35 bits per heavy atom. The van der Waals surface area contributed by atoms with Crippen molar-refractivity contribution in [2.75, 3.05) is 19.3 Å². The molecule has 1 aliphatic carbocycles. The molecule has 0 spiro atoms. The highest BCUT2D eigenvalue weighted by molar-refractivity contribution is 8.13. The first kappa shape index (κ1) is 38.3. The average Bonchev–Trinajstić information content (AvgIpc) is 3.41. The van der Waals surface area contributed by atoms with E-state index in [1.54, 1.807) is 55.6 Å². The van der Waals surface area contributed by atoms with Crippen LogP contribution in [-0.4, -0.2) is 48.2 Å². The number of benzene rings is 4. The lowest BCUT2D eigenvalue weighted by atomic mass is 9.73. The summed E-state index contributed by atoms with van der Waals surface area (Å²) < 4.78 is 78.6. The summed E-state index contributed by atoms with van der Waals surface area (Å²) in [6.07, 6.45) is -7.58. The van der Waals surface area contributed by atoms with Crippen LogP contribution in [0.25, 0.3) is 22.3 Å². The predicted octanol–water partition coefficient (Wildman–Crippen LogP) is 9.23. The lowest BCUT2D eigenvalue weighted by Gasteiger charge is -2.31. The maximum atomic E-state index is 13.7. The van der Waals surface area contributed by atoms with Gasteiger partial charge in [0.15, 0.2) is 11.0 Å². The van der Waals surface area contributed by atoms with Gasteiger partial charge in [-0.15, -0.1) is 0 Å². The van der Waals surface area contributed by atoms with E-state index in [-0.39, 0.29) is 30.9 Å². The van der Waals surface area contributed by atoms with Gasteiger partial charge >= 0.3 is 12.4 Å². The lowest BCUT2D eigenvalue weighted by molar-refractivity contribution is -0.141. The van der Waals surface area contributed by atoms with Gasteiger partial charge in [-0.25, -0.2) is 4.99 Å². The summed E-state index contributed by atoms with van der Waals surface area (Å²) >= 11 is 1.30. The Morgan fingerprint density at radius 3 is 1.92 bits per heavy atom. The smallest absolute Gasteiger partial charge is 0.387 e. The molecule has 1 aliphatic rings. The Balaban J connectivity index is 1.20. The number of amides is 1. The highest BCUT2D eigenvalue weighted by Gasteiger charge is 2.49. The fourth-order valence-electron chi connectivity index (χ4n) is 6.49. The fourth-order valence-corrected chi connectivity index (χ4v) is 7.27. The number of nitrogens with zero attached hydrogens (tertiary/aromatic N) is 2. The zero-order chi connectivity index (χ0) is 37.5. The first-order chi connectivity index (χ1) is 24.7. The minimum Gasteiger partial charge on any atom is -0.387 e. The maximum absolute atomic E-state index is 13.7. The van der Waals surface area contributed by atoms with Crippen LogP contribution < -0.4 is 11.1 Å². The number of ketones is 1. The van der Waals surface area contributed by atoms with E-state index in [2.05, 4.69) is 15.3 Å². The van der Waals surface area contributed by atoms with Gasteiger partial charge in [-0.2, -0.15) is 26.3 Å². The minimum absolute atomic E-state index is 0.126. The van der Waals surface area contributed by atoms with E-state index in [9.17, 15) is 35.9 Å². The molecule has 52 heavy (non-hydrogen) atoms. The largest absolute Gasteiger partial charge is 0.416 e. The number of alkyl halides is 6. The number of nitrogens with one attached hydrogen (secondary N) is 1. The van der Waals surface area contributed by atoms with Crippen LogP contribution in [0.2, 0.25) is 0 Å². The Kier molecular flexibility index (Phi) is 11.9. The third-order valence-corrected chi connectivity index (χ3v) is 9.87. The maximum Gasteiger partial charge on any atom is 0.416 e. The molecule has 1 amide bonds. The summed E-state index contributed by atoms with van der Waals surface area (Å²) in [7, 11) is 1.55. The number of Topliss-reactive ketones (excluding diaryl/α,β-unsaturated/α-hetero) is 1. The van der Waals surface area contributed by atoms with Crippen molar-refractivity contribution in [1.29, 1.82) is 0 Å². The Bertz CT molecular complexity index is 1930. The number of fused-ring (bicyclic) bond motifs is 3. The normalized spacial score (nSPS) is 14.1. The van der Waals surface area contributed by atoms with Gasteiger partial charge < -0.3 is 11.1 Å². The third-order valence-electron chi connectivity index (χ3n) is 8.85. The number of carbonyl (C=O) groups is 2. The summed E-state index contributed by atoms with van der Waals surface area (Å²) in [6.45, 7) is -1.44. The van der Waals surface area contributed by atoms with E-state index in [0.29, 0.717) is 51.6 Å². The summed E-state index contributed by atoms with van der Waals surface area (Å²) in [5.41, 5.74) is 8.45. The Labute approximate surface area is 301 Å². The van der Waals surface area contributed by atoms with Crippen molar-refractivity contribution in [3.05, 3.63) is 119 Å². The molecule has 0 fully saturated rings. The van der Waals surface area contributed by atoms with Crippen molar-refractivity contribution in [1.82, 2.24) is 5.32 Å². The molecule has 5 rings (SSSR count). The summed E-state index contributed by atoms with van der Waals surface area (Å²) in [6, 6.07) is 25.9. The number of carbonyl (C=O) groups excluding carboxylic acids is 2. The number of hydrogen-bond donors (Lipinski definition) is 2. The van der Waals surface area contributed by atoms with E-state index in [4.69, 9.17) is 5.73 Å². The second-order valence-corrected chi connectivity index (χ2v) is 13.3. The van der Waals surface area contributed by atoms with Crippen LogP contribution in [0.3, 0.4) is 0 Å². The molecule has 0 heterocycles. The van der Waals surface area contributed by atoms with E-state index < -0.39 is 35.8 Å². The van der Waals surface area contributed by atoms with Gasteiger partial charge in [-0.05, 0) is 64.8 Å². The number of thioether (sulfide) groups is 1. The molecule has 3 N–H and O–H groups in total. The quantitative estimate of drug-likeness (QED) is 0.0498. The number of nitrogens with two attached hydrogens (primary N) is 1. The van der Waals surface area contributed by atoms with Crippen LogP contribution in [-0.2, 0) is 16.4 Å². The van der Waals surface area contributed by atoms with Gasteiger partial charge in [0.2, 0.25) is 5.91 Å². The number of rotatable bonds is 12. The molecular weight excluding hydrogens is 703 g/mol. The summed E-state index contributed by atoms with van der Waals surface area (Å²) in [5, 5.41) is 2.51. The van der Waals surface area contributed by atoms with Crippen molar-refractivity contribution >= 4 is 34.5 Å². The van der Waals surface area contributed by atoms with Crippen LogP contribution >= 0.6 is 11.8 Å². The number of aliphatic imine (C=N–C) groups is 2. The standard InChI is InChI=1S/C39H36F6N4O2S/c1-47-36(49-34(46)17-8-16-33(50)30-13-3-2-10-27(30)25-18-20-26(21-19-25)39(43,44)45)52-23-9-22-37(35(51)48-24-38(40,41)42)31-14-6-4-11-28(31)29-12-5-7-15-32(29)37/h2-7,10-15,18-21H,8-9,16-17,22-24H2,1H3,(H,48,51)(H2,46,47,49).